The zero-order chi connectivity index (χ0) is 13.1. The molecule has 2 rings (SSSR count). The van der Waals surface area contributed by atoms with Crippen LogP contribution >= 0.6 is 0 Å². The lowest BCUT2D eigenvalue weighted by Gasteiger charge is -2.21. The molecule has 2 N–H and O–H groups in total. The summed E-state index contributed by atoms with van der Waals surface area (Å²) in [6.45, 7) is 2.22. The number of amides is 1. The van der Waals surface area contributed by atoms with Crippen molar-refractivity contribution in [3.63, 3.8) is 0 Å². The maximum atomic E-state index is 12.1. The lowest BCUT2D eigenvalue weighted by Crippen LogP contribution is -2.35. The van der Waals surface area contributed by atoms with Crippen molar-refractivity contribution in [3.8, 4) is 0 Å². The molecule has 0 saturated heterocycles. The first kappa shape index (κ1) is 12.6. The van der Waals surface area contributed by atoms with Gasteiger partial charge in [-0.15, -0.1) is 0 Å². The molecule has 2 aromatic rings. The van der Waals surface area contributed by atoms with Crippen molar-refractivity contribution in [2.75, 3.05) is 18.5 Å². The largest absolute Gasteiger partial charge is 0.330 e. The molecule has 3 nitrogen and oxygen atoms in total. The number of nitrogens with two attached hydrogens (primary N) is 1. The summed E-state index contributed by atoms with van der Waals surface area (Å²) in [5, 5.41) is 2.31. The third-order valence-electron chi connectivity index (χ3n) is 3.23. The Balaban J connectivity index is 2.33. The Labute approximate surface area is 107 Å². The first-order valence-electron chi connectivity index (χ1n) is 6.10. The van der Waals surface area contributed by atoms with Crippen LogP contribution in [0.4, 0.5) is 5.69 Å². The Morgan fingerprint density at radius 2 is 1.89 bits per heavy atom. The number of rotatable bonds is 3. The molecular formula is C15H18N2O. The van der Waals surface area contributed by atoms with Crippen LogP contribution in [0.25, 0.3) is 10.8 Å². The first-order valence-corrected chi connectivity index (χ1v) is 6.10. The van der Waals surface area contributed by atoms with Gasteiger partial charge >= 0.3 is 0 Å². The number of nitrogens with zero attached hydrogens (tertiary/aromatic N) is 1. The Morgan fingerprint density at radius 1 is 1.22 bits per heavy atom. The number of hydrogen-bond donors (Lipinski definition) is 1. The third-order valence-corrected chi connectivity index (χ3v) is 3.23. The van der Waals surface area contributed by atoms with E-state index in [1.807, 2.05) is 43.3 Å². The second-order valence-corrected chi connectivity index (χ2v) is 4.57. The Hall–Kier alpha value is -1.87. The van der Waals surface area contributed by atoms with Gasteiger partial charge < -0.3 is 10.6 Å². The quantitative estimate of drug-likeness (QED) is 0.898. The second-order valence-electron chi connectivity index (χ2n) is 4.57. The van der Waals surface area contributed by atoms with Gasteiger partial charge in [-0.3, -0.25) is 4.79 Å². The Kier molecular flexibility index (Phi) is 3.63. The van der Waals surface area contributed by atoms with E-state index >= 15 is 0 Å². The first-order chi connectivity index (χ1) is 8.63. The predicted octanol–water partition coefficient (Wildman–Crippen LogP) is 2.40. The van der Waals surface area contributed by atoms with Crippen molar-refractivity contribution in [2.45, 2.75) is 6.92 Å². The van der Waals surface area contributed by atoms with Crippen molar-refractivity contribution in [1.29, 1.82) is 0 Å². The monoisotopic (exact) mass is 242 g/mol. The zero-order valence-electron chi connectivity index (χ0n) is 10.8. The average molecular weight is 242 g/mol. The van der Waals surface area contributed by atoms with Crippen LogP contribution in [0.3, 0.4) is 0 Å². The van der Waals surface area contributed by atoms with Crippen LogP contribution in [0.15, 0.2) is 42.5 Å². The maximum Gasteiger partial charge on any atom is 0.230 e. The van der Waals surface area contributed by atoms with Crippen molar-refractivity contribution >= 4 is 22.4 Å². The van der Waals surface area contributed by atoms with Gasteiger partial charge in [0.25, 0.3) is 0 Å². The molecule has 0 aliphatic carbocycles. The van der Waals surface area contributed by atoms with E-state index in [4.69, 9.17) is 5.73 Å². The number of hydrogen-bond acceptors (Lipinski definition) is 2. The normalized spacial score (nSPS) is 12.4. The highest BCUT2D eigenvalue weighted by Gasteiger charge is 2.17. The number of carbonyl (C=O) groups is 1. The summed E-state index contributed by atoms with van der Waals surface area (Å²) in [5.41, 5.74) is 6.43. The Morgan fingerprint density at radius 3 is 2.56 bits per heavy atom. The number of benzene rings is 2. The van der Waals surface area contributed by atoms with Gasteiger partial charge in [0.1, 0.15) is 0 Å². The topological polar surface area (TPSA) is 46.3 Å². The molecule has 94 valence electrons. The SMILES string of the molecule is CC(CN)C(=O)N(C)c1ccc2ccccc2c1. The number of anilines is 1. The molecule has 2 aromatic carbocycles. The summed E-state index contributed by atoms with van der Waals surface area (Å²) in [4.78, 5) is 13.7. The molecule has 0 bridgehead atoms. The van der Waals surface area contributed by atoms with Gasteiger partial charge in [-0.25, -0.2) is 0 Å². The lowest BCUT2D eigenvalue weighted by atomic mass is 10.1. The van der Waals surface area contributed by atoms with E-state index in [2.05, 4.69) is 6.07 Å². The number of carbonyl (C=O) groups excluding carboxylic acids is 1. The van der Waals surface area contributed by atoms with Gasteiger partial charge in [0.2, 0.25) is 5.91 Å². The van der Waals surface area contributed by atoms with Crippen LogP contribution in [0, 0.1) is 5.92 Å². The van der Waals surface area contributed by atoms with Crippen LogP contribution in [0.1, 0.15) is 6.92 Å². The molecule has 0 saturated carbocycles. The molecule has 0 aromatic heterocycles. The molecule has 1 unspecified atom stereocenters. The average Bonchev–Trinajstić information content (AvgIpc) is 2.44. The fourth-order valence-electron chi connectivity index (χ4n) is 1.94. The summed E-state index contributed by atoms with van der Waals surface area (Å²) in [6.07, 6.45) is 0. The zero-order valence-corrected chi connectivity index (χ0v) is 10.8. The minimum absolute atomic E-state index is 0.0489. The smallest absolute Gasteiger partial charge is 0.230 e. The summed E-state index contributed by atoms with van der Waals surface area (Å²) in [5.74, 6) is -0.103. The van der Waals surface area contributed by atoms with Crippen LogP contribution in [-0.4, -0.2) is 19.5 Å². The van der Waals surface area contributed by atoms with Gasteiger partial charge in [-0.05, 0) is 22.9 Å². The molecule has 1 amide bonds. The van der Waals surface area contributed by atoms with E-state index in [0.29, 0.717) is 6.54 Å². The molecule has 1 atom stereocenters. The summed E-state index contributed by atoms with van der Waals surface area (Å²) in [7, 11) is 1.79. The lowest BCUT2D eigenvalue weighted by molar-refractivity contribution is -0.121. The molecule has 0 heterocycles. The summed E-state index contributed by atoms with van der Waals surface area (Å²) >= 11 is 0. The van der Waals surface area contributed by atoms with E-state index in [9.17, 15) is 4.79 Å². The van der Waals surface area contributed by atoms with Gasteiger partial charge in [0.05, 0.1) is 0 Å². The van der Waals surface area contributed by atoms with Crippen LogP contribution in [0.2, 0.25) is 0 Å². The van der Waals surface area contributed by atoms with Crippen LogP contribution in [-0.2, 0) is 4.79 Å². The van der Waals surface area contributed by atoms with Crippen molar-refractivity contribution in [2.24, 2.45) is 11.7 Å². The van der Waals surface area contributed by atoms with Gasteiger partial charge in [0, 0.05) is 25.2 Å². The molecule has 0 aliphatic rings. The second kappa shape index (κ2) is 5.19. The van der Waals surface area contributed by atoms with Gasteiger partial charge in [0.15, 0.2) is 0 Å². The number of fused-ring (bicyclic) bond motifs is 1. The molecule has 0 radical (unpaired) electrons. The van der Waals surface area contributed by atoms with E-state index < -0.39 is 0 Å². The minimum atomic E-state index is -0.151. The predicted molar refractivity (Wildman–Crippen MR) is 75.6 cm³/mol. The summed E-state index contributed by atoms with van der Waals surface area (Å²) in [6, 6.07) is 14.1. The van der Waals surface area contributed by atoms with E-state index in [0.717, 1.165) is 11.1 Å². The fraction of sp³-hybridized carbons (Fsp3) is 0.267. The van der Waals surface area contributed by atoms with Crippen LogP contribution in [0.5, 0.6) is 0 Å². The van der Waals surface area contributed by atoms with E-state index in [1.165, 1.54) is 5.39 Å². The van der Waals surface area contributed by atoms with Crippen LogP contribution < -0.4 is 10.6 Å². The molecule has 0 spiro atoms. The van der Waals surface area contributed by atoms with E-state index in [-0.39, 0.29) is 11.8 Å². The molecule has 3 heteroatoms. The molecular weight excluding hydrogens is 224 g/mol. The summed E-state index contributed by atoms with van der Waals surface area (Å²) < 4.78 is 0. The molecule has 18 heavy (non-hydrogen) atoms. The minimum Gasteiger partial charge on any atom is -0.330 e. The standard InChI is InChI=1S/C15H18N2O/c1-11(10-16)15(18)17(2)14-8-7-12-5-3-4-6-13(12)9-14/h3-9,11H,10,16H2,1-2H3. The fourth-order valence-corrected chi connectivity index (χ4v) is 1.94. The molecule has 0 aliphatic heterocycles. The van der Waals surface area contributed by atoms with Crippen molar-refractivity contribution in [3.05, 3.63) is 42.5 Å². The molecule has 0 fully saturated rings. The third kappa shape index (κ3) is 2.36. The Bertz CT molecular complexity index is 565. The van der Waals surface area contributed by atoms with Crippen molar-refractivity contribution in [1.82, 2.24) is 0 Å². The van der Waals surface area contributed by atoms with Crippen molar-refractivity contribution < 1.29 is 4.79 Å². The van der Waals surface area contributed by atoms with Gasteiger partial charge in [-0.2, -0.15) is 0 Å². The highest BCUT2D eigenvalue weighted by atomic mass is 16.2. The maximum absolute atomic E-state index is 12.1. The van der Waals surface area contributed by atoms with E-state index in [1.54, 1.807) is 11.9 Å². The highest BCUT2D eigenvalue weighted by Crippen LogP contribution is 2.22. The van der Waals surface area contributed by atoms with Gasteiger partial charge in [-0.1, -0.05) is 37.3 Å². The highest BCUT2D eigenvalue weighted by molar-refractivity contribution is 5.97.